The SMILES string of the molecule is CCC(C)CC(CC)Nc1cccc(Cn2ccnc2)c1. The van der Waals surface area contributed by atoms with E-state index in [1.807, 2.05) is 18.7 Å². The van der Waals surface area contributed by atoms with Gasteiger partial charge in [0.1, 0.15) is 0 Å². The van der Waals surface area contributed by atoms with Crippen LogP contribution >= 0.6 is 0 Å². The average Bonchev–Trinajstić information content (AvgIpc) is 2.99. The highest BCUT2D eigenvalue weighted by atomic mass is 15.0. The van der Waals surface area contributed by atoms with Gasteiger partial charge in [-0.25, -0.2) is 4.98 Å². The van der Waals surface area contributed by atoms with Gasteiger partial charge < -0.3 is 9.88 Å². The lowest BCUT2D eigenvalue weighted by molar-refractivity contribution is 0.462. The van der Waals surface area contributed by atoms with Gasteiger partial charge in [0, 0.05) is 30.7 Å². The molecule has 3 heteroatoms. The molecule has 2 unspecified atom stereocenters. The van der Waals surface area contributed by atoms with Gasteiger partial charge in [0.2, 0.25) is 0 Å². The minimum absolute atomic E-state index is 0.559. The van der Waals surface area contributed by atoms with Crippen LogP contribution in [0.1, 0.15) is 45.6 Å². The van der Waals surface area contributed by atoms with E-state index in [-0.39, 0.29) is 0 Å². The molecule has 0 fully saturated rings. The molecule has 114 valence electrons. The van der Waals surface area contributed by atoms with E-state index < -0.39 is 0 Å². The number of nitrogens with zero attached hydrogens (tertiary/aromatic N) is 2. The van der Waals surface area contributed by atoms with Crippen LogP contribution < -0.4 is 5.32 Å². The lowest BCUT2D eigenvalue weighted by atomic mass is 9.97. The molecule has 1 N–H and O–H groups in total. The summed E-state index contributed by atoms with van der Waals surface area (Å²) in [4.78, 5) is 4.09. The third kappa shape index (κ3) is 4.92. The molecule has 21 heavy (non-hydrogen) atoms. The van der Waals surface area contributed by atoms with Gasteiger partial charge >= 0.3 is 0 Å². The molecular formula is C18H27N3. The molecule has 0 aliphatic carbocycles. The number of imidazole rings is 1. The summed E-state index contributed by atoms with van der Waals surface area (Å²) in [6.45, 7) is 7.73. The maximum Gasteiger partial charge on any atom is 0.0949 e. The van der Waals surface area contributed by atoms with E-state index in [1.54, 1.807) is 0 Å². The molecule has 3 nitrogen and oxygen atoms in total. The van der Waals surface area contributed by atoms with Crippen LogP contribution in [-0.2, 0) is 6.54 Å². The third-order valence-corrected chi connectivity index (χ3v) is 4.10. The van der Waals surface area contributed by atoms with Gasteiger partial charge in [-0.15, -0.1) is 0 Å². The molecule has 1 aromatic carbocycles. The fourth-order valence-electron chi connectivity index (χ4n) is 2.57. The Bertz CT molecular complexity index is 519. The summed E-state index contributed by atoms with van der Waals surface area (Å²) in [6, 6.07) is 9.27. The smallest absolute Gasteiger partial charge is 0.0949 e. The normalized spacial score (nSPS) is 13.9. The molecule has 0 aliphatic rings. The molecule has 0 bridgehead atoms. The highest BCUT2D eigenvalue weighted by molar-refractivity contribution is 5.46. The van der Waals surface area contributed by atoms with Crippen molar-refractivity contribution in [2.24, 2.45) is 5.92 Å². The predicted molar refractivity (Wildman–Crippen MR) is 89.5 cm³/mol. The molecule has 0 saturated carbocycles. The zero-order valence-corrected chi connectivity index (χ0v) is 13.4. The summed E-state index contributed by atoms with van der Waals surface area (Å²) in [7, 11) is 0. The topological polar surface area (TPSA) is 29.9 Å². The first-order valence-electron chi connectivity index (χ1n) is 8.02. The number of hydrogen-bond acceptors (Lipinski definition) is 2. The lowest BCUT2D eigenvalue weighted by Crippen LogP contribution is -2.21. The Kier molecular flexibility index (Phi) is 5.85. The second kappa shape index (κ2) is 7.87. The number of rotatable bonds is 8. The first-order chi connectivity index (χ1) is 10.2. The summed E-state index contributed by atoms with van der Waals surface area (Å²) < 4.78 is 2.09. The van der Waals surface area contributed by atoms with Crippen LogP contribution in [0.25, 0.3) is 0 Å². The van der Waals surface area contributed by atoms with Crippen molar-refractivity contribution in [2.45, 2.75) is 52.6 Å². The van der Waals surface area contributed by atoms with Crippen molar-refractivity contribution < 1.29 is 0 Å². The van der Waals surface area contributed by atoms with E-state index >= 15 is 0 Å². The zero-order chi connectivity index (χ0) is 15.1. The monoisotopic (exact) mass is 285 g/mol. The van der Waals surface area contributed by atoms with Gasteiger partial charge in [0.15, 0.2) is 0 Å². The Hall–Kier alpha value is -1.77. The van der Waals surface area contributed by atoms with E-state index in [4.69, 9.17) is 0 Å². The summed E-state index contributed by atoms with van der Waals surface area (Å²) in [6.07, 6.45) is 9.32. The van der Waals surface area contributed by atoms with Gasteiger partial charge in [-0.2, -0.15) is 0 Å². The van der Waals surface area contributed by atoms with Crippen molar-refractivity contribution in [1.82, 2.24) is 9.55 Å². The molecule has 0 aliphatic heterocycles. The quantitative estimate of drug-likeness (QED) is 0.770. The number of anilines is 1. The van der Waals surface area contributed by atoms with Crippen molar-refractivity contribution in [1.29, 1.82) is 0 Å². The Balaban J connectivity index is 1.99. The zero-order valence-electron chi connectivity index (χ0n) is 13.4. The molecule has 1 heterocycles. The number of nitrogens with one attached hydrogen (secondary N) is 1. The maximum atomic E-state index is 4.09. The predicted octanol–water partition coefficient (Wildman–Crippen LogP) is 4.56. The fourth-order valence-corrected chi connectivity index (χ4v) is 2.57. The van der Waals surface area contributed by atoms with Crippen molar-refractivity contribution in [3.8, 4) is 0 Å². The van der Waals surface area contributed by atoms with Crippen LogP contribution in [0.2, 0.25) is 0 Å². The molecule has 2 aromatic rings. The molecule has 0 amide bonds. The summed E-state index contributed by atoms with van der Waals surface area (Å²) in [5.74, 6) is 0.775. The van der Waals surface area contributed by atoms with Crippen molar-refractivity contribution in [2.75, 3.05) is 5.32 Å². The van der Waals surface area contributed by atoms with Gasteiger partial charge in [0.05, 0.1) is 6.33 Å². The molecule has 0 saturated heterocycles. The number of hydrogen-bond donors (Lipinski definition) is 1. The Labute approximate surface area is 128 Å². The maximum absolute atomic E-state index is 4.09. The van der Waals surface area contributed by atoms with Crippen LogP contribution in [0.15, 0.2) is 43.0 Å². The van der Waals surface area contributed by atoms with E-state index in [0.29, 0.717) is 6.04 Å². The summed E-state index contributed by atoms with van der Waals surface area (Å²) in [5.41, 5.74) is 2.53. The average molecular weight is 285 g/mol. The van der Waals surface area contributed by atoms with E-state index in [2.05, 4.69) is 59.9 Å². The molecule has 2 atom stereocenters. The van der Waals surface area contributed by atoms with Crippen molar-refractivity contribution in [3.05, 3.63) is 48.5 Å². The lowest BCUT2D eigenvalue weighted by Gasteiger charge is -2.22. The van der Waals surface area contributed by atoms with Gasteiger partial charge in [-0.05, 0) is 36.5 Å². The summed E-state index contributed by atoms with van der Waals surface area (Å²) in [5, 5.41) is 3.69. The Morgan fingerprint density at radius 2 is 2.10 bits per heavy atom. The first-order valence-corrected chi connectivity index (χ1v) is 8.02. The largest absolute Gasteiger partial charge is 0.382 e. The minimum atomic E-state index is 0.559. The highest BCUT2D eigenvalue weighted by Gasteiger charge is 2.10. The second-order valence-electron chi connectivity index (χ2n) is 5.93. The van der Waals surface area contributed by atoms with Crippen LogP contribution in [-0.4, -0.2) is 15.6 Å². The molecule has 1 aromatic heterocycles. The van der Waals surface area contributed by atoms with Gasteiger partial charge in [-0.3, -0.25) is 0 Å². The molecule has 0 radical (unpaired) electrons. The van der Waals surface area contributed by atoms with Crippen LogP contribution in [0.5, 0.6) is 0 Å². The standard InChI is InChI=1S/C18H27N3/c1-4-15(3)11-17(5-2)20-18-8-6-7-16(12-18)13-21-10-9-19-14-21/h6-10,12,14-15,17,20H,4-5,11,13H2,1-3H3. The van der Waals surface area contributed by atoms with Crippen molar-refractivity contribution in [3.63, 3.8) is 0 Å². The second-order valence-corrected chi connectivity index (χ2v) is 5.93. The molecular weight excluding hydrogens is 258 g/mol. The van der Waals surface area contributed by atoms with E-state index in [0.717, 1.165) is 18.9 Å². The van der Waals surface area contributed by atoms with Crippen molar-refractivity contribution >= 4 is 5.69 Å². The first kappa shape index (κ1) is 15.6. The Morgan fingerprint density at radius 1 is 1.24 bits per heavy atom. The fraction of sp³-hybridized carbons (Fsp3) is 0.500. The number of aromatic nitrogens is 2. The Morgan fingerprint density at radius 3 is 2.76 bits per heavy atom. The van der Waals surface area contributed by atoms with E-state index in [9.17, 15) is 0 Å². The van der Waals surface area contributed by atoms with Crippen LogP contribution in [0.3, 0.4) is 0 Å². The third-order valence-electron chi connectivity index (χ3n) is 4.10. The minimum Gasteiger partial charge on any atom is -0.382 e. The van der Waals surface area contributed by atoms with E-state index in [1.165, 1.54) is 24.1 Å². The molecule has 0 spiro atoms. The van der Waals surface area contributed by atoms with Gasteiger partial charge in [-0.1, -0.05) is 39.3 Å². The van der Waals surface area contributed by atoms with Gasteiger partial charge in [0.25, 0.3) is 0 Å². The highest BCUT2D eigenvalue weighted by Crippen LogP contribution is 2.18. The molecule has 2 rings (SSSR count). The summed E-state index contributed by atoms with van der Waals surface area (Å²) >= 11 is 0. The number of benzene rings is 1. The van der Waals surface area contributed by atoms with Crippen LogP contribution in [0, 0.1) is 5.92 Å². The van der Waals surface area contributed by atoms with Crippen LogP contribution in [0.4, 0.5) is 5.69 Å².